The van der Waals surface area contributed by atoms with Crippen LogP contribution in [-0.2, 0) is 0 Å². The number of hydrogen-bond acceptors (Lipinski definition) is 2. The van der Waals surface area contributed by atoms with E-state index in [2.05, 4.69) is 82.7 Å². The van der Waals surface area contributed by atoms with E-state index in [1.807, 2.05) is 12.4 Å². The molecule has 0 spiro atoms. The fraction of sp³-hybridized carbons (Fsp3) is 0.0870. The number of rotatable bonds is 1. The summed E-state index contributed by atoms with van der Waals surface area (Å²) in [6.07, 6.45) is 3.76. The minimum atomic E-state index is 0.428. The van der Waals surface area contributed by atoms with Gasteiger partial charge in [0.2, 0.25) is 0 Å². The fourth-order valence-corrected chi connectivity index (χ4v) is 4.44. The second kappa shape index (κ2) is 4.70. The molecule has 0 N–H and O–H groups in total. The van der Waals surface area contributed by atoms with E-state index in [0.717, 1.165) is 0 Å². The predicted octanol–water partition coefficient (Wildman–Crippen LogP) is 5.52. The topological polar surface area (TPSA) is 15.9 Å². The molecule has 1 aliphatic heterocycles. The Hall–Kier alpha value is -3.13. The lowest BCUT2D eigenvalue weighted by molar-refractivity contribution is 1.01. The van der Waals surface area contributed by atoms with Crippen LogP contribution in [0.15, 0.2) is 85.2 Å². The molecular weight excluding hydrogens is 304 g/mol. The Morgan fingerprint density at radius 2 is 1.32 bits per heavy atom. The molecule has 4 aromatic rings. The maximum absolute atomic E-state index is 4.18. The lowest BCUT2D eigenvalue weighted by Crippen LogP contribution is -1.99. The van der Waals surface area contributed by atoms with E-state index >= 15 is 0 Å². The van der Waals surface area contributed by atoms with Crippen LogP contribution in [0.2, 0.25) is 0 Å². The Balaban J connectivity index is 1.63. The number of pyridine rings is 1. The van der Waals surface area contributed by atoms with E-state index in [-0.39, 0.29) is 0 Å². The summed E-state index contributed by atoms with van der Waals surface area (Å²) in [5, 5.41) is 2.63. The van der Waals surface area contributed by atoms with Gasteiger partial charge in [0.15, 0.2) is 0 Å². The molecule has 6 rings (SSSR count). The van der Waals surface area contributed by atoms with Crippen LogP contribution >= 0.6 is 0 Å². The molecule has 2 atom stereocenters. The fourth-order valence-electron chi connectivity index (χ4n) is 4.44. The van der Waals surface area contributed by atoms with Crippen molar-refractivity contribution in [1.82, 2.24) is 4.98 Å². The van der Waals surface area contributed by atoms with Crippen LogP contribution in [0, 0.1) is 0 Å². The van der Waals surface area contributed by atoms with E-state index in [0.29, 0.717) is 12.1 Å². The molecule has 25 heavy (non-hydrogen) atoms. The molecule has 1 saturated heterocycles. The smallest absolute Gasteiger partial charge is 0.0802 e. The van der Waals surface area contributed by atoms with E-state index in [1.165, 1.54) is 38.7 Å². The van der Waals surface area contributed by atoms with Gasteiger partial charge in [-0.1, -0.05) is 48.5 Å². The van der Waals surface area contributed by atoms with E-state index < -0.39 is 0 Å². The van der Waals surface area contributed by atoms with Crippen molar-refractivity contribution in [3.8, 4) is 11.1 Å². The summed E-state index contributed by atoms with van der Waals surface area (Å²) in [6.45, 7) is 0. The highest BCUT2D eigenvalue weighted by Gasteiger charge is 2.53. The van der Waals surface area contributed by atoms with Crippen molar-refractivity contribution in [2.24, 2.45) is 0 Å². The minimum absolute atomic E-state index is 0.428. The molecule has 0 radical (unpaired) electrons. The predicted molar refractivity (Wildman–Crippen MR) is 102 cm³/mol. The second-order valence-electron chi connectivity index (χ2n) is 6.88. The van der Waals surface area contributed by atoms with E-state index in [9.17, 15) is 0 Å². The highest BCUT2D eigenvalue weighted by atomic mass is 15.4. The van der Waals surface area contributed by atoms with Crippen molar-refractivity contribution in [3.63, 3.8) is 0 Å². The zero-order valence-electron chi connectivity index (χ0n) is 13.6. The van der Waals surface area contributed by atoms with Crippen LogP contribution in [0.3, 0.4) is 0 Å². The van der Waals surface area contributed by atoms with Crippen molar-refractivity contribution in [3.05, 3.63) is 96.3 Å². The first-order chi connectivity index (χ1) is 12.4. The number of anilines is 1. The second-order valence-corrected chi connectivity index (χ2v) is 6.88. The summed E-state index contributed by atoms with van der Waals surface area (Å²) >= 11 is 0. The van der Waals surface area contributed by atoms with Gasteiger partial charge in [-0.15, -0.1) is 0 Å². The van der Waals surface area contributed by atoms with Crippen LogP contribution in [0.1, 0.15) is 23.2 Å². The lowest BCUT2D eigenvalue weighted by atomic mass is 9.84. The number of benzene rings is 3. The monoisotopic (exact) mass is 320 g/mol. The van der Waals surface area contributed by atoms with Gasteiger partial charge < -0.3 is 4.90 Å². The Kier molecular flexibility index (Phi) is 2.48. The molecule has 2 aliphatic rings. The number of aromatic nitrogens is 1. The molecule has 1 fully saturated rings. The third-order valence-corrected chi connectivity index (χ3v) is 5.58. The van der Waals surface area contributed by atoms with Gasteiger partial charge in [0, 0.05) is 18.1 Å². The van der Waals surface area contributed by atoms with Crippen molar-refractivity contribution in [2.45, 2.75) is 12.1 Å². The molecule has 1 aromatic heterocycles. The Morgan fingerprint density at radius 3 is 2.16 bits per heavy atom. The Morgan fingerprint density at radius 1 is 0.640 bits per heavy atom. The van der Waals surface area contributed by atoms with Gasteiger partial charge in [-0.2, -0.15) is 0 Å². The first-order valence-electron chi connectivity index (χ1n) is 8.72. The van der Waals surface area contributed by atoms with Crippen molar-refractivity contribution in [2.75, 3.05) is 4.90 Å². The Bertz CT molecular complexity index is 1110. The molecule has 0 amide bonds. The highest BCUT2D eigenvalue weighted by molar-refractivity contribution is 5.93. The molecule has 2 unspecified atom stereocenters. The maximum atomic E-state index is 4.18. The summed E-state index contributed by atoms with van der Waals surface area (Å²) in [6, 6.07) is 27.4. The van der Waals surface area contributed by atoms with Crippen LogP contribution < -0.4 is 4.90 Å². The van der Waals surface area contributed by atoms with Crippen LogP contribution in [0.4, 0.5) is 5.69 Å². The van der Waals surface area contributed by atoms with E-state index in [4.69, 9.17) is 0 Å². The normalized spacial score (nSPS) is 19.9. The standard InChI is InChI=1S/C23H16N2/c1-2-6-16-14-21-20(13-15(16)5-1)18-7-3-4-8-19(18)22-23(21)25(22)17-9-11-24-12-10-17/h1-14,22-23H. The van der Waals surface area contributed by atoms with Gasteiger partial charge in [0.1, 0.15) is 0 Å². The van der Waals surface area contributed by atoms with Gasteiger partial charge in [-0.05, 0) is 57.3 Å². The molecule has 2 nitrogen and oxygen atoms in total. The number of fused-ring (bicyclic) bond motifs is 7. The van der Waals surface area contributed by atoms with Crippen LogP contribution in [-0.4, -0.2) is 4.98 Å². The number of hydrogen-bond donors (Lipinski definition) is 0. The van der Waals surface area contributed by atoms with Gasteiger partial charge in [-0.3, -0.25) is 4.98 Å². The van der Waals surface area contributed by atoms with Gasteiger partial charge in [0.25, 0.3) is 0 Å². The zero-order chi connectivity index (χ0) is 16.4. The highest BCUT2D eigenvalue weighted by Crippen LogP contribution is 2.63. The average molecular weight is 320 g/mol. The SMILES string of the molecule is c1ccc2c(c1)-c1cc3ccccc3cc1C1C2N1c1ccncc1. The first-order valence-corrected chi connectivity index (χ1v) is 8.72. The molecule has 0 bridgehead atoms. The summed E-state index contributed by atoms with van der Waals surface area (Å²) in [7, 11) is 0. The summed E-state index contributed by atoms with van der Waals surface area (Å²) in [4.78, 5) is 6.69. The largest absolute Gasteiger partial charge is 0.352 e. The minimum Gasteiger partial charge on any atom is -0.352 e. The third kappa shape index (κ3) is 1.77. The summed E-state index contributed by atoms with van der Waals surface area (Å²) in [5.74, 6) is 0. The van der Waals surface area contributed by atoms with E-state index in [1.54, 1.807) is 0 Å². The number of nitrogens with zero attached hydrogens (tertiary/aromatic N) is 2. The van der Waals surface area contributed by atoms with Crippen LogP contribution in [0.25, 0.3) is 21.9 Å². The first kappa shape index (κ1) is 13.2. The Labute approximate surface area is 146 Å². The average Bonchev–Trinajstić information content (AvgIpc) is 3.44. The van der Waals surface area contributed by atoms with Crippen molar-refractivity contribution in [1.29, 1.82) is 0 Å². The molecule has 2 heteroatoms. The quantitative estimate of drug-likeness (QED) is 0.429. The van der Waals surface area contributed by atoms with Crippen molar-refractivity contribution < 1.29 is 0 Å². The van der Waals surface area contributed by atoms with Crippen molar-refractivity contribution >= 4 is 16.5 Å². The zero-order valence-corrected chi connectivity index (χ0v) is 13.6. The maximum Gasteiger partial charge on any atom is 0.0802 e. The van der Waals surface area contributed by atoms with Crippen LogP contribution in [0.5, 0.6) is 0 Å². The molecule has 3 aromatic carbocycles. The molecular formula is C23H16N2. The molecule has 2 heterocycles. The molecule has 118 valence electrons. The molecule has 0 saturated carbocycles. The van der Waals surface area contributed by atoms with Gasteiger partial charge in [0.05, 0.1) is 12.1 Å². The van der Waals surface area contributed by atoms with Gasteiger partial charge >= 0.3 is 0 Å². The third-order valence-electron chi connectivity index (χ3n) is 5.58. The molecule has 1 aliphatic carbocycles. The van der Waals surface area contributed by atoms with Gasteiger partial charge in [-0.25, -0.2) is 0 Å². The summed E-state index contributed by atoms with van der Waals surface area (Å²) < 4.78 is 0. The summed E-state index contributed by atoms with van der Waals surface area (Å²) in [5.41, 5.74) is 6.89. The lowest BCUT2D eigenvalue weighted by Gasteiger charge is -2.18.